The first-order valence-corrected chi connectivity index (χ1v) is 8.61. The molecule has 6 nitrogen and oxygen atoms in total. The molecule has 1 saturated heterocycles. The largest absolute Gasteiger partial charge is 0.454 e. The van der Waals surface area contributed by atoms with Crippen molar-refractivity contribution in [2.24, 2.45) is 5.92 Å². The van der Waals surface area contributed by atoms with Gasteiger partial charge in [-0.25, -0.2) is 0 Å². The summed E-state index contributed by atoms with van der Waals surface area (Å²) >= 11 is 0. The SMILES string of the molecule is CCN(CC)C(=O)C1CCN(C(=O)c2ccc3c(c2)OCO3)CC1. The molecule has 0 unspecified atom stereocenters. The second-order valence-corrected chi connectivity index (χ2v) is 6.15. The number of ether oxygens (including phenoxy) is 2. The van der Waals surface area contributed by atoms with Gasteiger partial charge in [-0.2, -0.15) is 0 Å². The number of carbonyl (C=O) groups is 2. The van der Waals surface area contributed by atoms with Crippen molar-refractivity contribution in [1.82, 2.24) is 9.80 Å². The average Bonchev–Trinajstić information content (AvgIpc) is 3.10. The highest BCUT2D eigenvalue weighted by molar-refractivity contribution is 5.95. The van der Waals surface area contributed by atoms with Crippen LogP contribution in [-0.4, -0.2) is 54.6 Å². The Kier molecular flexibility index (Phi) is 4.92. The lowest BCUT2D eigenvalue weighted by atomic mass is 9.94. The fraction of sp³-hybridized carbons (Fsp3) is 0.556. The fourth-order valence-electron chi connectivity index (χ4n) is 3.34. The third-order valence-corrected chi connectivity index (χ3v) is 4.83. The molecule has 0 bridgehead atoms. The summed E-state index contributed by atoms with van der Waals surface area (Å²) < 4.78 is 10.6. The molecule has 0 saturated carbocycles. The standard InChI is InChI=1S/C18H24N2O4/c1-3-19(4-2)17(21)13-7-9-20(10-8-13)18(22)14-5-6-15-16(11-14)24-12-23-15/h5-6,11,13H,3-4,7-10,12H2,1-2H3. The van der Waals surface area contributed by atoms with Crippen molar-refractivity contribution in [2.45, 2.75) is 26.7 Å². The van der Waals surface area contributed by atoms with Crippen molar-refractivity contribution < 1.29 is 19.1 Å². The van der Waals surface area contributed by atoms with Crippen LogP contribution < -0.4 is 9.47 Å². The minimum Gasteiger partial charge on any atom is -0.454 e. The minimum atomic E-state index is -0.0120. The maximum absolute atomic E-state index is 12.7. The Bertz CT molecular complexity index is 619. The summed E-state index contributed by atoms with van der Waals surface area (Å²) in [5.74, 6) is 1.53. The molecule has 0 radical (unpaired) electrons. The van der Waals surface area contributed by atoms with E-state index in [1.54, 1.807) is 18.2 Å². The number of rotatable bonds is 4. The van der Waals surface area contributed by atoms with Gasteiger partial charge in [-0.05, 0) is 44.9 Å². The van der Waals surface area contributed by atoms with Gasteiger partial charge in [0.05, 0.1) is 0 Å². The monoisotopic (exact) mass is 332 g/mol. The zero-order valence-corrected chi connectivity index (χ0v) is 14.3. The van der Waals surface area contributed by atoms with Crippen LogP contribution in [0.1, 0.15) is 37.0 Å². The van der Waals surface area contributed by atoms with Gasteiger partial charge in [-0.3, -0.25) is 9.59 Å². The lowest BCUT2D eigenvalue weighted by molar-refractivity contribution is -0.136. The highest BCUT2D eigenvalue weighted by Crippen LogP contribution is 2.33. The number of fused-ring (bicyclic) bond motifs is 1. The summed E-state index contributed by atoms with van der Waals surface area (Å²) in [6.45, 7) is 6.92. The number of amides is 2. The highest BCUT2D eigenvalue weighted by Gasteiger charge is 2.30. The van der Waals surface area contributed by atoms with Gasteiger partial charge in [-0.1, -0.05) is 0 Å². The molecule has 1 fully saturated rings. The number of nitrogens with zero attached hydrogens (tertiary/aromatic N) is 2. The van der Waals surface area contributed by atoms with Gasteiger partial charge in [0, 0.05) is 37.7 Å². The highest BCUT2D eigenvalue weighted by atomic mass is 16.7. The molecule has 0 atom stereocenters. The number of hydrogen-bond acceptors (Lipinski definition) is 4. The molecule has 2 aliphatic rings. The van der Waals surface area contributed by atoms with E-state index in [9.17, 15) is 9.59 Å². The van der Waals surface area contributed by atoms with Gasteiger partial charge in [-0.15, -0.1) is 0 Å². The van der Waals surface area contributed by atoms with E-state index in [0.29, 0.717) is 30.2 Å². The van der Waals surface area contributed by atoms with Crippen molar-refractivity contribution in [3.05, 3.63) is 23.8 Å². The van der Waals surface area contributed by atoms with Crippen LogP contribution in [0.4, 0.5) is 0 Å². The number of carbonyl (C=O) groups excluding carboxylic acids is 2. The van der Waals surface area contributed by atoms with E-state index >= 15 is 0 Å². The number of benzene rings is 1. The molecule has 2 amide bonds. The molecule has 0 aromatic heterocycles. The van der Waals surface area contributed by atoms with E-state index < -0.39 is 0 Å². The Labute approximate surface area is 142 Å². The number of piperidine rings is 1. The van der Waals surface area contributed by atoms with Crippen molar-refractivity contribution in [3.63, 3.8) is 0 Å². The summed E-state index contributed by atoms with van der Waals surface area (Å²) in [4.78, 5) is 28.8. The molecule has 130 valence electrons. The normalized spacial score (nSPS) is 17.0. The molecule has 0 N–H and O–H groups in total. The van der Waals surface area contributed by atoms with Gasteiger partial charge in [0.15, 0.2) is 11.5 Å². The molecule has 6 heteroatoms. The lowest BCUT2D eigenvalue weighted by Gasteiger charge is -2.33. The van der Waals surface area contributed by atoms with Crippen LogP contribution in [0.15, 0.2) is 18.2 Å². The summed E-state index contributed by atoms with van der Waals surface area (Å²) in [7, 11) is 0. The lowest BCUT2D eigenvalue weighted by Crippen LogP contribution is -2.44. The Morgan fingerprint density at radius 3 is 2.46 bits per heavy atom. The smallest absolute Gasteiger partial charge is 0.253 e. The third-order valence-electron chi connectivity index (χ3n) is 4.83. The molecule has 24 heavy (non-hydrogen) atoms. The zero-order valence-electron chi connectivity index (χ0n) is 14.3. The number of likely N-dealkylation sites (tertiary alicyclic amines) is 1. The molecule has 2 aliphatic heterocycles. The Morgan fingerprint density at radius 1 is 1.12 bits per heavy atom. The third kappa shape index (κ3) is 3.18. The van der Waals surface area contributed by atoms with E-state index in [1.807, 2.05) is 23.6 Å². The fourth-order valence-corrected chi connectivity index (χ4v) is 3.34. The second kappa shape index (κ2) is 7.11. The van der Waals surface area contributed by atoms with Crippen LogP contribution in [-0.2, 0) is 4.79 Å². The maximum atomic E-state index is 12.7. The van der Waals surface area contributed by atoms with Crippen LogP contribution in [0.5, 0.6) is 11.5 Å². The van der Waals surface area contributed by atoms with Crippen molar-refractivity contribution in [2.75, 3.05) is 33.0 Å². The van der Waals surface area contributed by atoms with E-state index in [-0.39, 0.29) is 24.5 Å². The minimum absolute atomic E-state index is 0.0120. The summed E-state index contributed by atoms with van der Waals surface area (Å²) in [5.41, 5.74) is 0.604. The van der Waals surface area contributed by atoms with E-state index in [4.69, 9.17) is 9.47 Å². The second-order valence-electron chi connectivity index (χ2n) is 6.15. The van der Waals surface area contributed by atoms with Crippen molar-refractivity contribution >= 4 is 11.8 Å². The average molecular weight is 332 g/mol. The van der Waals surface area contributed by atoms with Gasteiger partial charge in [0.1, 0.15) is 0 Å². The first kappa shape index (κ1) is 16.6. The summed E-state index contributed by atoms with van der Waals surface area (Å²) in [6, 6.07) is 5.27. The van der Waals surface area contributed by atoms with Crippen LogP contribution in [0, 0.1) is 5.92 Å². The first-order chi connectivity index (χ1) is 11.6. The molecular formula is C18H24N2O4. The van der Waals surface area contributed by atoms with Crippen molar-refractivity contribution in [1.29, 1.82) is 0 Å². The molecular weight excluding hydrogens is 308 g/mol. The molecule has 0 spiro atoms. The maximum Gasteiger partial charge on any atom is 0.253 e. The molecule has 3 rings (SSSR count). The first-order valence-electron chi connectivity index (χ1n) is 8.61. The summed E-state index contributed by atoms with van der Waals surface area (Å²) in [6.07, 6.45) is 1.46. The topological polar surface area (TPSA) is 59.1 Å². The van der Waals surface area contributed by atoms with Crippen LogP contribution in [0.2, 0.25) is 0 Å². The van der Waals surface area contributed by atoms with Crippen LogP contribution in [0.3, 0.4) is 0 Å². The van der Waals surface area contributed by atoms with E-state index in [0.717, 1.165) is 25.9 Å². The Morgan fingerprint density at radius 2 is 1.79 bits per heavy atom. The van der Waals surface area contributed by atoms with Crippen LogP contribution >= 0.6 is 0 Å². The van der Waals surface area contributed by atoms with Gasteiger partial charge in [0.2, 0.25) is 12.7 Å². The van der Waals surface area contributed by atoms with Crippen LogP contribution in [0.25, 0.3) is 0 Å². The van der Waals surface area contributed by atoms with E-state index in [1.165, 1.54) is 0 Å². The predicted octanol–water partition coefficient (Wildman–Crippen LogP) is 2.14. The predicted molar refractivity (Wildman–Crippen MR) is 89.1 cm³/mol. The van der Waals surface area contributed by atoms with Gasteiger partial charge < -0.3 is 19.3 Å². The zero-order chi connectivity index (χ0) is 17.1. The Balaban J connectivity index is 1.60. The van der Waals surface area contributed by atoms with Gasteiger partial charge in [0.25, 0.3) is 5.91 Å². The van der Waals surface area contributed by atoms with E-state index in [2.05, 4.69) is 0 Å². The summed E-state index contributed by atoms with van der Waals surface area (Å²) in [5, 5.41) is 0. The van der Waals surface area contributed by atoms with Gasteiger partial charge >= 0.3 is 0 Å². The molecule has 1 aromatic carbocycles. The molecule has 2 heterocycles. The quantitative estimate of drug-likeness (QED) is 0.847. The molecule has 1 aromatic rings. The Hall–Kier alpha value is -2.24. The number of hydrogen-bond donors (Lipinski definition) is 0. The van der Waals surface area contributed by atoms with Crippen molar-refractivity contribution in [3.8, 4) is 11.5 Å². The molecule has 0 aliphatic carbocycles.